The highest BCUT2D eigenvalue weighted by Gasteiger charge is 2.17. The van der Waals surface area contributed by atoms with E-state index in [0.29, 0.717) is 24.7 Å². The van der Waals surface area contributed by atoms with Crippen molar-refractivity contribution < 1.29 is 13.7 Å². The first-order chi connectivity index (χ1) is 10.2. The Morgan fingerprint density at radius 2 is 1.76 bits per heavy atom. The average Bonchev–Trinajstić information content (AvgIpc) is 2.50. The van der Waals surface area contributed by atoms with Crippen LogP contribution in [0.5, 0.6) is 11.5 Å². The van der Waals surface area contributed by atoms with E-state index in [0.717, 1.165) is 22.6 Å². The van der Waals surface area contributed by atoms with Crippen LogP contribution in [0.3, 0.4) is 0 Å². The quantitative estimate of drug-likeness (QED) is 0.870. The first kappa shape index (κ1) is 14.1. The molecule has 0 radical (unpaired) electrons. The van der Waals surface area contributed by atoms with Gasteiger partial charge in [-0.1, -0.05) is 42.0 Å². The summed E-state index contributed by atoms with van der Waals surface area (Å²) in [6.45, 7) is 3.17. The van der Waals surface area contributed by atoms with Gasteiger partial charge in [-0.3, -0.25) is 4.21 Å². The summed E-state index contributed by atoms with van der Waals surface area (Å²) in [5.41, 5.74) is 3.27. The number of benzene rings is 2. The van der Waals surface area contributed by atoms with Crippen LogP contribution < -0.4 is 9.47 Å². The van der Waals surface area contributed by atoms with E-state index in [4.69, 9.17) is 9.47 Å². The summed E-state index contributed by atoms with van der Waals surface area (Å²) in [5, 5.41) is 0. The summed E-state index contributed by atoms with van der Waals surface area (Å²) in [7, 11) is -0.962. The van der Waals surface area contributed by atoms with E-state index < -0.39 is 10.8 Å². The highest BCUT2D eigenvalue weighted by molar-refractivity contribution is 7.83. The van der Waals surface area contributed by atoms with Crippen LogP contribution in [-0.2, 0) is 22.3 Å². The summed E-state index contributed by atoms with van der Waals surface area (Å²) in [6.07, 6.45) is 0. The van der Waals surface area contributed by atoms with E-state index in [-0.39, 0.29) is 0 Å². The zero-order valence-electron chi connectivity index (χ0n) is 12.0. The van der Waals surface area contributed by atoms with Crippen LogP contribution in [-0.4, -0.2) is 17.4 Å². The molecule has 0 aromatic heterocycles. The van der Waals surface area contributed by atoms with Gasteiger partial charge in [0, 0.05) is 22.1 Å². The zero-order valence-corrected chi connectivity index (χ0v) is 12.8. The van der Waals surface area contributed by atoms with Crippen LogP contribution in [0.25, 0.3) is 0 Å². The number of ether oxygens (including phenoxy) is 2. The molecule has 1 aliphatic heterocycles. The number of rotatable bonds is 4. The maximum Gasteiger partial charge on any atom is 0.165 e. The molecule has 110 valence electrons. The molecule has 0 aliphatic carbocycles. The van der Waals surface area contributed by atoms with Gasteiger partial charge in [-0.15, -0.1) is 0 Å². The topological polar surface area (TPSA) is 35.5 Å². The standard InChI is InChI=1S/C17H18O3S/c1-13-5-7-14(8-6-13)11-21(18)12-15-3-2-4-16-17(15)20-10-9-19-16/h2-8H,9-12H2,1H3/t21-/m0/s1. The number of fused-ring (bicyclic) bond motifs is 1. The molecule has 3 rings (SSSR count). The largest absolute Gasteiger partial charge is 0.486 e. The van der Waals surface area contributed by atoms with Gasteiger partial charge in [0.1, 0.15) is 13.2 Å². The molecule has 2 aromatic carbocycles. The maximum absolute atomic E-state index is 12.4. The molecule has 21 heavy (non-hydrogen) atoms. The van der Waals surface area contributed by atoms with Gasteiger partial charge in [-0.05, 0) is 18.6 Å². The van der Waals surface area contributed by atoms with Gasteiger partial charge in [0.05, 0.1) is 5.75 Å². The van der Waals surface area contributed by atoms with E-state index in [1.165, 1.54) is 5.56 Å². The molecule has 1 heterocycles. The van der Waals surface area contributed by atoms with E-state index in [1.54, 1.807) is 0 Å². The summed E-state index contributed by atoms with van der Waals surface area (Å²) in [4.78, 5) is 0. The van der Waals surface area contributed by atoms with Crippen molar-refractivity contribution in [2.45, 2.75) is 18.4 Å². The Morgan fingerprint density at radius 3 is 2.57 bits per heavy atom. The fourth-order valence-corrected chi connectivity index (χ4v) is 3.58. The Bertz CT molecular complexity index is 650. The molecule has 0 saturated carbocycles. The van der Waals surface area contributed by atoms with Gasteiger partial charge in [0.25, 0.3) is 0 Å². The molecule has 0 fully saturated rings. The fourth-order valence-electron chi connectivity index (χ4n) is 2.34. The van der Waals surface area contributed by atoms with E-state index in [1.807, 2.05) is 49.4 Å². The van der Waals surface area contributed by atoms with Crippen molar-refractivity contribution in [2.75, 3.05) is 13.2 Å². The molecule has 0 amide bonds. The second kappa shape index (κ2) is 6.31. The Morgan fingerprint density at radius 1 is 1.00 bits per heavy atom. The van der Waals surface area contributed by atoms with Crippen molar-refractivity contribution in [3.63, 3.8) is 0 Å². The Balaban J connectivity index is 1.71. The number of para-hydroxylation sites is 1. The number of aryl methyl sites for hydroxylation is 1. The minimum Gasteiger partial charge on any atom is -0.486 e. The van der Waals surface area contributed by atoms with Crippen LogP contribution in [0.2, 0.25) is 0 Å². The predicted molar refractivity (Wildman–Crippen MR) is 84.2 cm³/mol. The molecule has 2 aromatic rings. The average molecular weight is 302 g/mol. The molecule has 1 atom stereocenters. The second-order valence-electron chi connectivity index (χ2n) is 5.16. The number of hydrogen-bond donors (Lipinski definition) is 0. The second-order valence-corrected chi connectivity index (χ2v) is 6.61. The molecule has 4 heteroatoms. The molecule has 0 unspecified atom stereocenters. The Labute approximate surface area is 127 Å². The van der Waals surface area contributed by atoms with Crippen molar-refractivity contribution in [1.82, 2.24) is 0 Å². The Hall–Kier alpha value is -1.81. The van der Waals surface area contributed by atoms with Crippen molar-refractivity contribution in [2.24, 2.45) is 0 Å². The molecule has 0 N–H and O–H groups in total. The molecular weight excluding hydrogens is 284 g/mol. The molecule has 0 spiro atoms. The lowest BCUT2D eigenvalue weighted by molar-refractivity contribution is 0.170. The third-order valence-electron chi connectivity index (χ3n) is 3.41. The smallest absolute Gasteiger partial charge is 0.165 e. The van der Waals surface area contributed by atoms with Gasteiger partial charge in [-0.25, -0.2) is 0 Å². The first-order valence-corrected chi connectivity index (χ1v) is 8.49. The van der Waals surface area contributed by atoms with Crippen molar-refractivity contribution >= 4 is 10.8 Å². The van der Waals surface area contributed by atoms with Crippen LogP contribution >= 0.6 is 0 Å². The lowest BCUT2D eigenvalue weighted by atomic mass is 10.2. The van der Waals surface area contributed by atoms with Crippen LogP contribution in [0, 0.1) is 6.92 Å². The van der Waals surface area contributed by atoms with Gasteiger partial charge < -0.3 is 9.47 Å². The SMILES string of the molecule is Cc1ccc(C[S@](=O)Cc2cccc3c2OCCO3)cc1. The summed E-state index contributed by atoms with van der Waals surface area (Å²) >= 11 is 0. The fraction of sp³-hybridized carbons (Fsp3) is 0.294. The summed E-state index contributed by atoms with van der Waals surface area (Å²) in [6, 6.07) is 13.9. The van der Waals surface area contributed by atoms with Gasteiger partial charge in [-0.2, -0.15) is 0 Å². The lowest BCUT2D eigenvalue weighted by Crippen LogP contribution is -2.17. The van der Waals surface area contributed by atoms with Crippen molar-refractivity contribution in [1.29, 1.82) is 0 Å². The summed E-state index contributed by atoms with van der Waals surface area (Å²) < 4.78 is 23.6. The molecular formula is C17H18O3S. The van der Waals surface area contributed by atoms with Gasteiger partial charge >= 0.3 is 0 Å². The van der Waals surface area contributed by atoms with Crippen molar-refractivity contribution in [3.8, 4) is 11.5 Å². The molecule has 0 bridgehead atoms. The minimum atomic E-state index is -0.962. The maximum atomic E-state index is 12.4. The van der Waals surface area contributed by atoms with Crippen molar-refractivity contribution in [3.05, 3.63) is 59.2 Å². The van der Waals surface area contributed by atoms with Crippen LogP contribution in [0.15, 0.2) is 42.5 Å². The lowest BCUT2D eigenvalue weighted by Gasteiger charge is -2.20. The normalized spacial score (nSPS) is 14.7. The zero-order chi connectivity index (χ0) is 14.7. The van der Waals surface area contributed by atoms with Gasteiger partial charge in [0.2, 0.25) is 0 Å². The predicted octanol–water partition coefficient (Wildman–Crippen LogP) is 3.22. The first-order valence-electron chi connectivity index (χ1n) is 7.00. The van der Waals surface area contributed by atoms with Crippen LogP contribution in [0.4, 0.5) is 0 Å². The Kier molecular flexibility index (Phi) is 4.25. The molecule has 1 aliphatic rings. The van der Waals surface area contributed by atoms with Crippen LogP contribution in [0.1, 0.15) is 16.7 Å². The van der Waals surface area contributed by atoms with E-state index in [9.17, 15) is 4.21 Å². The van der Waals surface area contributed by atoms with E-state index >= 15 is 0 Å². The number of hydrogen-bond acceptors (Lipinski definition) is 3. The van der Waals surface area contributed by atoms with E-state index in [2.05, 4.69) is 0 Å². The highest BCUT2D eigenvalue weighted by Crippen LogP contribution is 2.34. The van der Waals surface area contributed by atoms with Gasteiger partial charge in [0.15, 0.2) is 11.5 Å². The molecule has 3 nitrogen and oxygen atoms in total. The molecule has 0 saturated heterocycles. The third-order valence-corrected chi connectivity index (χ3v) is 4.70. The minimum absolute atomic E-state index is 0.487. The highest BCUT2D eigenvalue weighted by atomic mass is 32.2. The third kappa shape index (κ3) is 3.45. The monoisotopic (exact) mass is 302 g/mol. The summed E-state index contributed by atoms with van der Waals surface area (Å²) in [5.74, 6) is 2.55.